The Labute approximate surface area is 184 Å². The molecule has 6 nitrogen and oxygen atoms in total. The van der Waals surface area contributed by atoms with E-state index >= 15 is 0 Å². The molecular weight excluding hydrogens is 390 g/mol. The van der Waals surface area contributed by atoms with Gasteiger partial charge < -0.3 is 15.1 Å². The third kappa shape index (κ3) is 5.32. The summed E-state index contributed by atoms with van der Waals surface area (Å²) in [4.78, 5) is 41.5. The Bertz CT molecular complexity index is 927. The number of rotatable bonds is 6. The number of carbonyl (C=O) groups is 3. The summed E-state index contributed by atoms with van der Waals surface area (Å²) in [5.74, 6) is -0.136. The maximum absolute atomic E-state index is 12.8. The zero-order chi connectivity index (χ0) is 22.4. The molecule has 2 aromatic rings. The lowest BCUT2D eigenvalue weighted by molar-refractivity contribution is -0.121. The SMILES string of the molecule is CCN(CC)C(=O)c1ccc(NC(=O)C2CCN(C(=O)c3ccccc3C)CC2)cc1. The van der Waals surface area contributed by atoms with Crippen LogP contribution in [0.15, 0.2) is 48.5 Å². The van der Waals surface area contributed by atoms with Crippen molar-refractivity contribution >= 4 is 23.4 Å². The van der Waals surface area contributed by atoms with Crippen LogP contribution in [0.3, 0.4) is 0 Å². The number of benzene rings is 2. The number of likely N-dealkylation sites (tertiary alicyclic amines) is 1. The fraction of sp³-hybridized carbons (Fsp3) is 0.400. The first-order valence-corrected chi connectivity index (χ1v) is 11.0. The summed E-state index contributed by atoms with van der Waals surface area (Å²) in [6.45, 7) is 8.32. The molecule has 2 aromatic carbocycles. The second-order valence-corrected chi connectivity index (χ2v) is 7.93. The minimum absolute atomic E-state index is 0.00596. The van der Waals surface area contributed by atoms with Gasteiger partial charge in [-0.15, -0.1) is 0 Å². The maximum atomic E-state index is 12.8. The molecule has 0 saturated carbocycles. The zero-order valence-corrected chi connectivity index (χ0v) is 18.6. The molecule has 0 spiro atoms. The quantitative estimate of drug-likeness (QED) is 0.767. The average Bonchev–Trinajstić information content (AvgIpc) is 2.80. The van der Waals surface area contributed by atoms with Crippen LogP contribution < -0.4 is 5.32 Å². The van der Waals surface area contributed by atoms with Crippen molar-refractivity contribution in [3.63, 3.8) is 0 Å². The number of hydrogen-bond acceptors (Lipinski definition) is 3. The number of anilines is 1. The molecule has 1 aliphatic heterocycles. The molecule has 0 bridgehead atoms. The van der Waals surface area contributed by atoms with Gasteiger partial charge in [-0.3, -0.25) is 14.4 Å². The van der Waals surface area contributed by atoms with E-state index in [9.17, 15) is 14.4 Å². The van der Waals surface area contributed by atoms with E-state index in [4.69, 9.17) is 0 Å². The Balaban J connectivity index is 1.54. The van der Waals surface area contributed by atoms with Crippen LogP contribution in [0.2, 0.25) is 0 Å². The lowest BCUT2D eigenvalue weighted by Gasteiger charge is -2.31. The number of aryl methyl sites for hydroxylation is 1. The Hall–Kier alpha value is -3.15. The Kier molecular flexibility index (Phi) is 7.45. The molecule has 1 fully saturated rings. The lowest BCUT2D eigenvalue weighted by Crippen LogP contribution is -2.41. The molecule has 31 heavy (non-hydrogen) atoms. The predicted octanol–water partition coefficient (Wildman–Crippen LogP) is 3.97. The van der Waals surface area contributed by atoms with Crippen molar-refractivity contribution in [1.29, 1.82) is 0 Å². The van der Waals surface area contributed by atoms with Gasteiger partial charge in [0, 0.05) is 48.9 Å². The third-order valence-electron chi connectivity index (χ3n) is 5.98. The Morgan fingerprint density at radius 3 is 2.16 bits per heavy atom. The van der Waals surface area contributed by atoms with E-state index in [2.05, 4.69) is 5.32 Å². The summed E-state index contributed by atoms with van der Waals surface area (Å²) in [6.07, 6.45) is 1.28. The van der Waals surface area contributed by atoms with Gasteiger partial charge in [-0.2, -0.15) is 0 Å². The predicted molar refractivity (Wildman–Crippen MR) is 122 cm³/mol. The van der Waals surface area contributed by atoms with Crippen LogP contribution in [0.25, 0.3) is 0 Å². The number of hydrogen-bond donors (Lipinski definition) is 1. The van der Waals surface area contributed by atoms with E-state index < -0.39 is 0 Å². The number of nitrogens with one attached hydrogen (secondary N) is 1. The van der Waals surface area contributed by atoms with Crippen molar-refractivity contribution < 1.29 is 14.4 Å². The smallest absolute Gasteiger partial charge is 0.254 e. The molecule has 1 aliphatic rings. The standard InChI is InChI=1S/C25H31N3O3/c1-4-27(5-2)24(30)20-10-12-21(13-11-20)26-23(29)19-14-16-28(17-15-19)25(31)22-9-7-6-8-18(22)3/h6-13,19H,4-5,14-17H2,1-3H3,(H,26,29). The average molecular weight is 422 g/mol. The van der Waals surface area contributed by atoms with Gasteiger partial charge in [0.15, 0.2) is 0 Å². The summed E-state index contributed by atoms with van der Waals surface area (Å²) < 4.78 is 0. The third-order valence-corrected chi connectivity index (χ3v) is 5.98. The summed E-state index contributed by atoms with van der Waals surface area (Å²) in [5.41, 5.74) is 2.99. The Morgan fingerprint density at radius 1 is 0.968 bits per heavy atom. The molecular formula is C25H31N3O3. The zero-order valence-electron chi connectivity index (χ0n) is 18.6. The van der Waals surface area contributed by atoms with Gasteiger partial charge in [-0.05, 0) is 69.5 Å². The van der Waals surface area contributed by atoms with Crippen LogP contribution in [0.1, 0.15) is 53.0 Å². The first-order valence-electron chi connectivity index (χ1n) is 11.0. The second-order valence-electron chi connectivity index (χ2n) is 7.93. The van der Waals surface area contributed by atoms with Crippen molar-refractivity contribution in [3.8, 4) is 0 Å². The van der Waals surface area contributed by atoms with Crippen molar-refractivity contribution in [2.24, 2.45) is 5.92 Å². The largest absolute Gasteiger partial charge is 0.339 e. The minimum Gasteiger partial charge on any atom is -0.339 e. The molecule has 1 N–H and O–H groups in total. The maximum Gasteiger partial charge on any atom is 0.254 e. The summed E-state index contributed by atoms with van der Waals surface area (Å²) >= 11 is 0. The number of piperidine rings is 1. The first-order chi connectivity index (χ1) is 14.9. The molecule has 164 valence electrons. The van der Waals surface area contributed by atoms with E-state index in [-0.39, 0.29) is 23.6 Å². The van der Waals surface area contributed by atoms with Crippen LogP contribution in [0, 0.1) is 12.8 Å². The van der Waals surface area contributed by atoms with Gasteiger partial charge in [0.25, 0.3) is 11.8 Å². The van der Waals surface area contributed by atoms with Gasteiger partial charge in [0.2, 0.25) is 5.91 Å². The molecule has 0 unspecified atom stereocenters. The van der Waals surface area contributed by atoms with Crippen molar-refractivity contribution in [2.45, 2.75) is 33.6 Å². The number of carbonyl (C=O) groups excluding carboxylic acids is 3. The van der Waals surface area contributed by atoms with Crippen molar-refractivity contribution in [1.82, 2.24) is 9.80 Å². The van der Waals surface area contributed by atoms with E-state index in [1.807, 2.05) is 49.9 Å². The highest BCUT2D eigenvalue weighted by atomic mass is 16.2. The summed E-state index contributed by atoms with van der Waals surface area (Å²) in [6, 6.07) is 14.6. The molecule has 3 rings (SSSR count). The van der Waals surface area contributed by atoms with Gasteiger partial charge in [0.1, 0.15) is 0 Å². The van der Waals surface area contributed by atoms with Crippen LogP contribution in [0.5, 0.6) is 0 Å². The first kappa shape index (κ1) is 22.5. The fourth-order valence-corrected chi connectivity index (χ4v) is 3.96. The molecule has 0 radical (unpaired) electrons. The molecule has 3 amide bonds. The van der Waals surface area contributed by atoms with Crippen molar-refractivity contribution in [3.05, 3.63) is 65.2 Å². The highest BCUT2D eigenvalue weighted by Crippen LogP contribution is 2.22. The number of amides is 3. The molecule has 1 saturated heterocycles. The molecule has 6 heteroatoms. The van der Waals surface area contributed by atoms with E-state index in [0.29, 0.717) is 50.3 Å². The second kappa shape index (κ2) is 10.2. The van der Waals surface area contributed by atoms with Crippen LogP contribution in [-0.2, 0) is 4.79 Å². The lowest BCUT2D eigenvalue weighted by atomic mass is 9.95. The fourth-order valence-electron chi connectivity index (χ4n) is 3.96. The van der Waals surface area contributed by atoms with Crippen LogP contribution >= 0.6 is 0 Å². The normalized spacial score (nSPS) is 14.2. The summed E-state index contributed by atoms with van der Waals surface area (Å²) in [5, 5.41) is 2.95. The van der Waals surface area contributed by atoms with Crippen LogP contribution in [0.4, 0.5) is 5.69 Å². The summed E-state index contributed by atoms with van der Waals surface area (Å²) in [7, 11) is 0. The molecule has 1 heterocycles. The van der Waals surface area contributed by atoms with E-state index in [0.717, 1.165) is 11.1 Å². The van der Waals surface area contributed by atoms with Crippen LogP contribution in [-0.4, -0.2) is 53.7 Å². The monoisotopic (exact) mass is 421 g/mol. The minimum atomic E-state index is -0.127. The molecule has 0 aromatic heterocycles. The van der Waals surface area contributed by atoms with Gasteiger partial charge in [-0.25, -0.2) is 0 Å². The van der Waals surface area contributed by atoms with E-state index in [1.54, 1.807) is 29.2 Å². The number of nitrogens with zero attached hydrogens (tertiary/aromatic N) is 2. The highest BCUT2D eigenvalue weighted by Gasteiger charge is 2.28. The van der Waals surface area contributed by atoms with E-state index in [1.165, 1.54) is 0 Å². The topological polar surface area (TPSA) is 69.7 Å². The Morgan fingerprint density at radius 2 is 1.58 bits per heavy atom. The van der Waals surface area contributed by atoms with Gasteiger partial charge in [-0.1, -0.05) is 18.2 Å². The van der Waals surface area contributed by atoms with Gasteiger partial charge >= 0.3 is 0 Å². The molecule has 0 aliphatic carbocycles. The van der Waals surface area contributed by atoms with Gasteiger partial charge in [0.05, 0.1) is 0 Å². The highest BCUT2D eigenvalue weighted by molar-refractivity contribution is 5.97. The molecule has 0 atom stereocenters. The van der Waals surface area contributed by atoms with Crippen molar-refractivity contribution in [2.75, 3.05) is 31.5 Å².